The molecule has 1 aliphatic carbocycles. The van der Waals surface area contributed by atoms with Gasteiger partial charge >= 0.3 is 5.69 Å². The van der Waals surface area contributed by atoms with Crippen LogP contribution < -0.4 is 5.69 Å². The lowest BCUT2D eigenvalue weighted by molar-refractivity contribution is 0.0697. The molecule has 1 aromatic carbocycles. The normalized spacial score (nSPS) is 21.3. The van der Waals surface area contributed by atoms with Gasteiger partial charge in [-0.2, -0.15) is 0 Å². The number of imidazole rings is 1. The lowest BCUT2D eigenvalue weighted by Gasteiger charge is -2.26. The molecule has 7 nitrogen and oxygen atoms in total. The van der Waals surface area contributed by atoms with Crippen LogP contribution in [0, 0.1) is 11.7 Å². The van der Waals surface area contributed by atoms with E-state index in [2.05, 4.69) is 9.98 Å². The number of halogens is 1. The Morgan fingerprint density at radius 3 is 2.79 bits per heavy atom. The van der Waals surface area contributed by atoms with Crippen molar-refractivity contribution in [3.63, 3.8) is 0 Å². The first-order chi connectivity index (χ1) is 16.2. The van der Waals surface area contributed by atoms with Gasteiger partial charge < -0.3 is 9.72 Å². The van der Waals surface area contributed by atoms with Crippen molar-refractivity contribution < 1.29 is 9.13 Å². The molecule has 0 radical (unpaired) electrons. The maximum absolute atomic E-state index is 13.7. The molecule has 33 heavy (non-hydrogen) atoms. The Hall–Kier alpha value is -2.87. The van der Waals surface area contributed by atoms with Gasteiger partial charge in [0.2, 0.25) is 0 Å². The fraction of sp³-hybridized carbons (Fsp3) is 0.520. The second-order valence-electron chi connectivity index (χ2n) is 9.55. The molecule has 1 unspecified atom stereocenters. The second kappa shape index (κ2) is 8.48. The van der Waals surface area contributed by atoms with E-state index in [0.29, 0.717) is 25.6 Å². The van der Waals surface area contributed by atoms with E-state index in [1.807, 2.05) is 10.8 Å². The Bertz CT molecular complexity index is 1270. The summed E-state index contributed by atoms with van der Waals surface area (Å²) in [6.07, 6.45) is 9.32. The third kappa shape index (κ3) is 3.90. The Morgan fingerprint density at radius 2 is 2.00 bits per heavy atom. The van der Waals surface area contributed by atoms with Crippen molar-refractivity contribution in [3.05, 3.63) is 51.6 Å². The molecule has 3 aliphatic rings. The number of benzene rings is 1. The van der Waals surface area contributed by atoms with Crippen molar-refractivity contribution in [2.24, 2.45) is 10.9 Å². The minimum atomic E-state index is -0.220. The number of H-pyrrole nitrogens is 1. The molecule has 0 spiro atoms. The minimum absolute atomic E-state index is 0.0954. The lowest BCUT2D eigenvalue weighted by Crippen LogP contribution is -2.27. The Morgan fingerprint density at radius 1 is 1.15 bits per heavy atom. The van der Waals surface area contributed by atoms with Crippen LogP contribution in [0.2, 0.25) is 0 Å². The van der Waals surface area contributed by atoms with Crippen molar-refractivity contribution in [2.75, 3.05) is 13.2 Å². The molecule has 6 rings (SSSR count). The Balaban J connectivity index is 1.30. The number of rotatable bonds is 5. The van der Waals surface area contributed by atoms with Gasteiger partial charge in [-0.15, -0.1) is 0 Å². The average Bonchev–Trinajstić information content (AvgIpc) is 3.12. The third-order valence-electron chi connectivity index (χ3n) is 7.38. The molecule has 2 aromatic heterocycles. The standard InChI is InChI=1S/C25H28FN5O2/c26-18-5-6-20-17(13-18)12-15(14-27-20)4-7-21-28-22(16-2-1-3-16)23-24(29-21)31(25(32)30-23)19-8-10-33-11-9-19/h5-6,13-16,19H,1-4,7-12H2,(H,30,32). The first-order valence-electron chi connectivity index (χ1n) is 12.1. The molecule has 8 heteroatoms. The quantitative estimate of drug-likeness (QED) is 0.626. The first kappa shape index (κ1) is 20.7. The summed E-state index contributed by atoms with van der Waals surface area (Å²) in [5.41, 5.74) is 4.25. The number of nitrogens with one attached hydrogen (secondary N) is 1. The smallest absolute Gasteiger partial charge is 0.327 e. The molecule has 0 amide bonds. The highest BCUT2D eigenvalue weighted by molar-refractivity contribution is 5.74. The molecule has 0 bridgehead atoms. The van der Waals surface area contributed by atoms with E-state index in [4.69, 9.17) is 14.7 Å². The molecule has 1 saturated carbocycles. The van der Waals surface area contributed by atoms with Crippen LogP contribution in [0.15, 0.2) is 28.0 Å². The number of hydrogen-bond donors (Lipinski definition) is 1. The van der Waals surface area contributed by atoms with Crippen molar-refractivity contribution in [2.45, 2.75) is 63.3 Å². The molecule has 172 valence electrons. The maximum atomic E-state index is 13.7. The van der Waals surface area contributed by atoms with Crippen molar-refractivity contribution >= 4 is 23.1 Å². The molecule has 1 N–H and O–H groups in total. The highest BCUT2D eigenvalue weighted by atomic mass is 19.1. The largest absolute Gasteiger partial charge is 0.381 e. The number of aromatic amines is 1. The molecule has 1 atom stereocenters. The highest BCUT2D eigenvalue weighted by Crippen LogP contribution is 2.38. The monoisotopic (exact) mass is 449 g/mol. The number of nitrogens with zero attached hydrogens (tertiary/aromatic N) is 4. The molecule has 2 aliphatic heterocycles. The zero-order chi connectivity index (χ0) is 22.4. The van der Waals surface area contributed by atoms with Crippen LogP contribution in [0.3, 0.4) is 0 Å². The fourth-order valence-electron chi connectivity index (χ4n) is 5.30. The predicted octanol–water partition coefficient (Wildman–Crippen LogP) is 4.39. The maximum Gasteiger partial charge on any atom is 0.327 e. The van der Waals surface area contributed by atoms with Crippen LogP contribution in [0.5, 0.6) is 0 Å². The number of hydrogen-bond acceptors (Lipinski definition) is 5. The van der Waals surface area contributed by atoms with Crippen molar-refractivity contribution in [1.82, 2.24) is 19.5 Å². The van der Waals surface area contributed by atoms with Gasteiger partial charge in [0.1, 0.15) is 17.2 Å². The van der Waals surface area contributed by atoms with Gasteiger partial charge in [0, 0.05) is 37.8 Å². The SMILES string of the molecule is O=c1[nH]c2c(C3CCC3)nc(CCC3C=Nc4ccc(F)cc4C3)nc2n1C1CCOCC1. The van der Waals surface area contributed by atoms with E-state index >= 15 is 0 Å². The zero-order valence-corrected chi connectivity index (χ0v) is 18.6. The van der Waals surface area contributed by atoms with Gasteiger partial charge in [-0.05, 0) is 68.2 Å². The van der Waals surface area contributed by atoms with E-state index in [-0.39, 0.29) is 23.5 Å². The second-order valence-corrected chi connectivity index (χ2v) is 9.55. The molecule has 2 fully saturated rings. The van der Waals surface area contributed by atoms with E-state index < -0.39 is 0 Å². The van der Waals surface area contributed by atoms with Gasteiger partial charge in [0.15, 0.2) is 5.65 Å². The van der Waals surface area contributed by atoms with Crippen molar-refractivity contribution in [1.29, 1.82) is 0 Å². The van der Waals surface area contributed by atoms with Crippen LogP contribution in [-0.2, 0) is 17.6 Å². The zero-order valence-electron chi connectivity index (χ0n) is 18.6. The summed E-state index contributed by atoms with van der Waals surface area (Å²) in [5, 5.41) is 0. The Kier molecular flexibility index (Phi) is 5.32. The van der Waals surface area contributed by atoms with Gasteiger partial charge in [0.05, 0.1) is 11.4 Å². The number of aryl methyl sites for hydroxylation is 1. The van der Waals surface area contributed by atoms with Gasteiger partial charge in [-0.1, -0.05) is 6.42 Å². The molecule has 3 aromatic rings. The van der Waals surface area contributed by atoms with Crippen LogP contribution in [0.4, 0.5) is 10.1 Å². The summed E-state index contributed by atoms with van der Waals surface area (Å²) in [6.45, 7) is 1.33. The minimum Gasteiger partial charge on any atom is -0.381 e. The fourth-order valence-corrected chi connectivity index (χ4v) is 5.30. The Labute approximate surface area is 191 Å². The van der Waals surface area contributed by atoms with Gasteiger partial charge in [-0.25, -0.2) is 19.2 Å². The summed E-state index contributed by atoms with van der Waals surface area (Å²) >= 11 is 0. The van der Waals surface area contributed by atoms with Gasteiger partial charge in [0.25, 0.3) is 0 Å². The third-order valence-corrected chi connectivity index (χ3v) is 7.38. The van der Waals surface area contributed by atoms with E-state index in [0.717, 1.165) is 72.5 Å². The van der Waals surface area contributed by atoms with Crippen LogP contribution in [-0.4, -0.2) is 38.9 Å². The first-order valence-corrected chi connectivity index (χ1v) is 12.1. The number of aromatic nitrogens is 4. The van der Waals surface area contributed by atoms with Crippen LogP contribution >= 0.6 is 0 Å². The van der Waals surface area contributed by atoms with Crippen LogP contribution in [0.25, 0.3) is 11.2 Å². The molecular formula is C25H28FN5O2. The summed E-state index contributed by atoms with van der Waals surface area (Å²) in [5.74, 6) is 1.17. The van der Waals surface area contributed by atoms with E-state index in [1.165, 1.54) is 12.5 Å². The molecule has 4 heterocycles. The van der Waals surface area contributed by atoms with Crippen molar-refractivity contribution in [3.8, 4) is 0 Å². The predicted molar refractivity (Wildman–Crippen MR) is 124 cm³/mol. The van der Waals surface area contributed by atoms with E-state index in [1.54, 1.807) is 12.1 Å². The summed E-state index contributed by atoms with van der Waals surface area (Å²) < 4.78 is 21.0. The molecule has 1 saturated heterocycles. The molecular weight excluding hydrogens is 421 g/mol. The topological polar surface area (TPSA) is 85.2 Å². The number of aliphatic imine (C=N–C) groups is 1. The summed E-state index contributed by atoms with van der Waals surface area (Å²) in [4.78, 5) is 30.4. The number of fused-ring (bicyclic) bond motifs is 2. The highest BCUT2D eigenvalue weighted by Gasteiger charge is 2.29. The van der Waals surface area contributed by atoms with E-state index in [9.17, 15) is 9.18 Å². The summed E-state index contributed by atoms with van der Waals surface area (Å²) in [6, 6.07) is 4.88. The van der Waals surface area contributed by atoms with Crippen LogP contribution in [0.1, 0.15) is 67.6 Å². The average molecular weight is 450 g/mol. The van der Waals surface area contributed by atoms with Gasteiger partial charge in [-0.3, -0.25) is 9.56 Å². The number of ether oxygens (including phenoxy) is 1. The lowest BCUT2D eigenvalue weighted by atomic mass is 9.82. The summed E-state index contributed by atoms with van der Waals surface area (Å²) in [7, 11) is 0.